The largest absolute Gasteiger partial charge is 0.759 e. The third-order valence-corrected chi connectivity index (χ3v) is 8.21. The number of nitrogens with one attached hydrogen (secondary N) is 4. The van der Waals surface area contributed by atoms with Crippen LogP contribution in [0.1, 0.15) is 52.7 Å². The Hall–Kier alpha value is -5.14. The van der Waals surface area contributed by atoms with Crippen molar-refractivity contribution in [3.05, 3.63) is 90.1 Å². The van der Waals surface area contributed by atoms with Gasteiger partial charge in [-0.2, -0.15) is 0 Å². The van der Waals surface area contributed by atoms with Gasteiger partial charge in [0.25, 0.3) is 5.91 Å². The Labute approximate surface area is 328 Å². The highest BCUT2D eigenvalue weighted by molar-refractivity contribution is 7.79. The highest BCUT2D eigenvalue weighted by atomic mass is 32.3. The number of carbonyl (C=O) groups excluding carboxylic acids is 4. The van der Waals surface area contributed by atoms with Gasteiger partial charge in [0.1, 0.15) is 12.1 Å². The first-order valence-corrected chi connectivity index (χ1v) is 18.8. The van der Waals surface area contributed by atoms with Crippen LogP contribution >= 0.6 is 0 Å². The highest BCUT2D eigenvalue weighted by Crippen LogP contribution is 2.23. The summed E-state index contributed by atoms with van der Waals surface area (Å²) >= 11 is 0. The Bertz CT molecular complexity index is 1810. The summed E-state index contributed by atoms with van der Waals surface area (Å²) in [5, 5.41) is 21.6. The minimum Gasteiger partial charge on any atom is -0.759 e. The molecule has 0 radical (unpaired) electrons. The number of alkyl carbamates (subject to hydrolysis) is 2. The van der Waals surface area contributed by atoms with Crippen LogP contribution in [0.2, 0.25) is 0 Å². The molecule has 0 spiro atoms. The van der Waals surface area contributed by atoms with Crippen molar-refractivity contribution in [3.63, 3.8) is 0 Å². The average Bonchev–Trinajstić information content (AvgIpc) is 3.11. The summed E-state index contributed by atoms with van der Waals surface area (Å²) in [6.07, 6.45) is -0.778. The Morgan fingerprint density at radius 2 is 1.25 bits per heavy atom. The summed E-state index contributed by atoms with van der Waals surface area (Å²) < 4.78 is 43.6. The first-order chi connectivity index (χ1) is 26.0. The Morgan fingerprint density at radius 1 is 0.750 bits per heavy atom. The third-order valence-electron chi connectivity index (χ3n) is 8.21. The fourth-order valence-corrected chi connectivity index (χ4v) is 5.38. The maximum atomic E-state index is 13.8. The number of benzene rings is 2. The summed E-state index contributed by atoms with van der Waals surface area (Å²) in [5.74, 6) is -1.03. The highest BCUT2D eigenvalue weighted by Gasteiger charge is 2.37. The summed E-state index contributed by atoms with van der Waals surface area (Å²) in [5.41, 5.74) is 4.88. The van der Waals surface area contributed by atoms with Gasteiger partial charge in [-0.3, -0.25) is 28.4 Å². The van der Waals surface area contributed by atoms with Gasteiger partial charge >= 0.3 is 12.2 Å². The van der Waals surface area contributed by atoms with Gasteiger partial charge in [0.05, 0.1) is 32.1 Å². The van der Waals surface area contributed by atoms with Gasteiger partial charge < -0.3 is 39.6 Å². The zero-order chi connectivity index (χ0) is 42.3. The van der Waals surface area contributed by atoms with Crippen LogP contribution in [0.15, 0.2) is 79.0 Å². The number of methoxy groups -OCH3 is 2. The smallest absolute Gasteiger partial charge is 0.407 e. The number of rotatable bonds is 14. The second-order valence-corrected chi connectivity index (χ2v) is 15.7. The van der Waals surface area contributed by atoms with Crippen LogP contribution in [0, 0.1) is 10.8 Å². The number of aliphatic hydroxyl groups excluding tert-OH is 1. The molecule has 2 aromatic carbocycles. The van der Waals surface area contributed by atoms with Gasteiger partial charge in [-0.15, -0.1) is 0 Å². The summed E-state index contributed by atoms with van der Waals surface area (Å²) in [7, 11) is -2.73. The lowest BCUT2D eigenvalue weighted by Crippen LogP contribution is -2.60. The zero-order valence-electron chi connectivity index (χ0n) is 32.8. The molecule has 18 heteroatoms. The Morgan fingerprint density at radius 3 is 1.71 bits per heavy atom. The number of aromatic nitrogens is 1. The van der Waals surface area contributed by atoms with E-state index in [2.05, 4.69) is 26.4 Å². The van der Waals surface area contributed by atoms with E-state index in [9.17, 15) is 24.3 Å². The molecular formula is C38H52N6O11S-2. The van der Waals surface area contributed by atoms with E-state index in [1.165, 1.54) is 14.2 Å². The average molecular weight is 801 g/mol. The molecule has 3 rings (SSSR count). The second-order valence-electron chi connectivity index (χ2n) is 14.9. The van der Waals surface area contributed by atoms with Crippen molar-refractivity contribution in [1.82, 2.24) is 31.4 Å². The molecule has 1 heterocycles. The van der Waals surface area contributed by atoms with Crippen LogP contribution in [0.5, 0.6) is 0 Å². The van der Waals surface area contributed by atoms with E-state index in [0.717, 1.165) is 22.4 Å². The van der Waals surface area contributed by atoms with Crippen LogP contribution in [-0.4, -0.2) is 102 Å². The fraction of sp³-hybridized carbons (Fsp3) is 0.447. The molecule has 0 bridgehead atoms. The maximum Gasteiger partial charge on any atom is 0.407 e. The fourth-order valence-electron chi connectivity index (χ4n) is 5.38. The normalized spacial score (nSPS) is 13.8. The van der Waals surface area contributed by atoms with Crippen molar-refractivity contribution < 1.29 is 51.3 Å². The van der Waals surface area contributed by atoms with Gasteiger partial charge in [0, 0.05) is 35.2 Å². The van der Waals surface area contributed by atoms with Gasteiger partial charge in [-0.05, 0) is 40.5 Å². The van der Waals surface area contributed by atoms with Crippen LogP contribution in [0.25, 0.3) is 11.3 Å². The van der Waals surface area contributed by atoms with Crippen molar-refractivity contribution in [2.24, 2.45) is 10.8 Å². The number of amides is 4. The third kappa shape index (κ3) is 17.1. The standard InChI is InChI=1S/C38H52N6O7.H2O4S/c1-37(2,3)31(41-35(48)50-7)33(46)40-29(22-25-14-10-9-11-15-25)30(45)24-44(43-34(47)32(38(4,5)6)42-36(49)51-8)23-26-17-19-27(20-18-26)28-16-12-13-21-39-28;1-5(2,3)4/h9-21,29-32,45H,22-24H2,1-8H3,(H,40,46)(H,41,48)(H,42,49)(H,43,47);(H2,1,2,3,4)/p-2/t29-,30-,31+,32+;/m0./s1. The molecule has 0 saturated carbocycles. The number of aliphatic hydroxyl groups is 1. The van der Waals surface area contributed by atoms with Gasteiger partial charge in [-0.1, -0.05) is 102 Å². The number of carbonyl (C=O) groups is 4. The zero-order valence-corrected chi connectivity index (χ0v) is 33.6. The van der Waals surface area contributed by atoms with Crippen LogP contribution < -0.4 is 21.4 Å². The van der Waals surface area contributed by atoms with E-state index in [1.54, 1.807) is 32.0 Å². The monoisotopic (exact) mass is 800 g/mol. The molecule has 308 valence electrons. The van der Waals surface area contributed by atoms with Crippen molar-refractivity contribution >= 4 is 34.4 Å². The minimum absolute atomic E-state index is 0.120. The molecule has 3 aromatic rings. The van der Waals surface area contributed by atoms with Crippen LogP contribution in [-0.2, 0) is 42.4 Å². The molecule has 5 N–H and O–H groups in total. The molecule has 4 atom stereocenters. The molecule has 17 nitrogen and oxygen atoms in total. The van der Waals surface area contributed by atoms with E-state index < -0.39 is 69.5 Å². The number of hydrogen-bond acceptors (Lipinski definition) is 13. The molecule has 0 aliphatic carbocycles. The molecule has 0 saturated heterocycles. The predicted octanol–water partition coefficient (Wildman–Crippen LogP) is 2.87. The number of hydrazine groups is 1. The first-order valence-electron chi connectivity index (χ1n) is 17.5. The van der Waals surface area contributed by atoms with E-state index >= 15 is 0 Å². The molecule has 1 aromatic heterocycles. The summed E-state index contributed by atoms with van der Waals surface area (Å²) in [4.78, 5) is 56.3. The van der Waals surface area contributed by atoms with Crippen LogP contribution in [0.4, 0.5) is 9.59 Å². The molecule has 0 fully saturated rings. The van der Waals surface area contributed by atoms with E-state index in [-0.39, 0.29) is 19.5 Å². The lowest BCUT2D eigenvalue weighted by molar-refractivity contribution is -0.132. The van der Waals surface area contributed by atoms with Gasteiger partial charge in [0.2, 0.25) is 5.91 Å². The van der Waals surface area contributed by atoms with Gasteiger partial charge in [0.15, 0.2) is 0 Å². The van der Waals surface area contributed by atoms with Crippen molar-refractivity contribution in [2.75, 3.05) is 20.8 Å². The van der Waals surface area contributed by atoms with Crippen LogP contribution in [0.3, 0.4) is 0 Å². The number of hydrogen-bond donors (Lipinski definition) is 5. The number of pyridine rings is 1. The molecule has 0 aliphatic heterocycles. The number of nitrogens with zero attached hydrogens (tertiary/aromatic N) is 2. The SMILES string of the molecule is COC(=O)N[C@H](C(=O)N[C@@H](Cc1ccccc1)[C@@H](O)CN(Cc1ccc(-c2ccccn2)cc1)NC(=O)[C@@H](NC(=O)OC)C(C)(C)C)C(C)(C)C.O=S(=O)([O-])[O-]. The Kier molecular flexibility index (Phi) is 17.8. The molecule has 0 unspecified atom stereocenters. The quantitative estimate of drug-likeness (QED) is 0.0895. The summed E-state index contributed by atoms with van der Waals surface area (Å²) in [6, 6.07) is 19.8. The molecule has 0 aliphatic rings. The lowest BCUT2D eigenvalue weighted by atomic mass is 9.85. The maximum absolute atomic E-state index is 13.8. The van der Waals surface area contributed by atoms with Crippen molar-refractivity contribution in [2.45, 2.75) is 78.7 Å². The summed E-state index contributed by atoms with van der Waals surface area (Å²) in [6.45, 7) is 10.9. The number of ether oxygens (including phenoxy) is 2. The topological polar surface area (TPSA) is 251 Å². The van der Waals surface area contributed by atoms with E-state index in [0.29, 0.717) is 0 Å². The predicted molar refractivity (Wildman–Crippen MR) is 204 cm³/mol. The molecular weight excluding hydrogens is 749 g/mol. The van der Waals surface area contributed by atoms with Gasteiger partial charge in [-0.25, -0.2) is 14.6 Å². The Balaban J connectivity index is 0.00000203. The lowest BCUT2D eigenvalue weighted by Gasteiger charge is -2.35. The first kappa shape index (κ1) is 47.0. The molecule has 56 heavy (non-hydrogen) atoms. The van der Waals surface area contributed by atoms with E-state index in [4.69, 9.17) is 27.0 Å². The van der Waals surface area contributed by atoms with Crippen molar-refractivity contribution in [3.8, 4) is 11.3 Å². The minimum atomic E-state index is -5.17. The van der Waals surface area contributed by atoms with Crippen molar-refractivity contribution in [1.29, 1.82) is 0 Å². The second kappa shape index (κ2) is 21.2. The molecule has 4 amide bonds. The van der Waals surface area contributed by atoms with E-state index in [1.807, 2.05) is 93.6 Å².